The van der Waals surface area contributed by atoms with E-state index in [0.29, 0.717) is 6.54 Å². The van der Waals surface area contributed by atoms with Gasteiger partial charge in [-0.25, -0.2) is 0 Å². The van der Waals surface area contributed by atoms with Gasteiger partial charge in [-0.15, -0.1) is 0 Å². The summed E-state index contributed by atoms with van der Waals surface area (Å²) in [6.07, 6.45) is 0. The summed E-state index contributed by atoms with van der Waals surface area (Å²) in [5.41, 5.74) is 5.21. The van der Waals surface area contributed by atoms with Gasteiger partial charge < -0.3 is 0 Å². The molecule has 5 heteroatoms. The first kappa shape index (κ1) is 11.0. The van der Waals surface area contributed by atoms with E-state index in [0.717, 1.165) is 0 Å². The number of fused-ring (bicyclic) bond motifs is 1. The van der Waals surface area contributed by atoms with Gasteiger partial charge in [0.05, 0.1) is 6.54 Å². The van der Waals surface area contributed by atoms with Crippen molar-refractivity contribution in [1.82, 2.24) is 10.4 Å². The van der Waals surface area contributed by atoms with Crippen LogP contribution in [-0.4, -0.2) is 28.6 Å². The van der Waals surface area contributed by atoms with Gasteiger partial charge in [0.25, 0.3) is 5.91 Å². The number of benzene rings is 1. The van der Waals surface area contributed by atoms with Gasteiger partial charge in [0.15, 0.2) is 0 Å². The van der Waals surface area contributed by atoms with Crippen LogP contribution in [-0.2, 0) is 9.59 Å². The Bertz CT molecular complexity index is 430. The van der Waals surface area contributed by atoms with Crippen molar-refractivity contribution < 1.29 is 9.59 Å². The predicted molar refractivity (Wildman–Crippen MR) is 63.7 cm³/mol. The number of nitrogens with zero attached hydrogens (tertiary/aromatic N) is 1. The second-order valence-electron chi connectivity index (χ2n) is 3.71. The number of hydrogen-bond donors (Lipinski definition) is 2. The molecule has 1 atom stereocenters. The fourth-order valence-corrected chi connectivity index (χ4v) is 1.68. The van der Waals surface area contributed by atoms with E-state index < -0.39 is 0 Å². The lowest BCUT2D eigenvalue weighted by Crippen LogP contribution is -2.61. The van der Waals surface area contributed by atoms with Crippen LogP contribution >= 0.6 is 12.6 Å². The molecule has 2 aliphatic carbocycles. The Morgan fingerprint density at radius 1 is 1.50 bits per heavy atom. The van der Waals surface area contributed by atoms with Crippen LogP contribution in [0.2, 0.25) is 0 Å². The van der Waals surface area contributed by atoms with Crippen LogP contribution in [0.4, 0.5) is 0 Å². The highest BCUT2D eigenvalue weighted by molar-refractivity contribution is 7.82. The average molecular weight is 236 g/mol. The molecular formula is C11H12N2O2S. The molecule has 0 bridgehead atoms. The van der Waals surface area contributed by atoms with Crippen LogP contribution in [0.1, 0.15) is 6.92 Å². The van der Waals surface area contributed by atoms with E-state index >= 15 is 0 Å². The number of β-lactam (4-membered cyclic amide) rings is 1. The highest BCUT2D eigenvalue weighted by Gasteiger charge is 2.34. The quantitative estimate of drug-likeness (QED) is 0.569. The normalized spacial score (nSPS) is 19.2. The molecule has 0 aromatic carbocycles. The van der Waals surface area contributed by atoms with Gasteiger partial charge >= 0.3 is 0 Å². The lowest BCUT2D eigenvalue weighted by molar-refractivity contribution is -0.148. The van der Waals surface area contributed by atoms with Crippen molar-refractivity contribution in [1.29, 1.82) is 0 Å². The minimum atomic E-state index is -0.230. The first-order valence-corrected chi connectivity index (χ1v) is 5.46. The van der Waals surface area contributed by atoms with Crippen LogP contribution < -0.4 is 5.43 Å². The summed E-state index contributed by atoms with van der Waals surface area (Å²) in [4.78, 5) is 21.1. The van der Waals surface area contributed by atoms with Gasteiger partial charge in [-0.3, -0.25) is 20.0 Å². The molecule has 0 unspecified atom stereocenters. The molecule has 0 aromatic rings. The van der Waals surface area contributed by atoms with Crippen LogP contribution in [0, 0.1) is 0 Å². The lowest BCUT2D eigenvalue weighted by Gasteiger charge is -2.34. The minimum absolute atomic E-state index is 0.140. The molecule has 0 saturated carbocycles. The summed E-state index contributed by atoms with van der Waals surface area (Å²) in [6, 6.07) is 8.48. The molecule has 2 amide bonds. The second-order valence-corrected chi connectivity index (χ2v) is 4.34. The number of carbonyl (C=O) groups is 2. The van der Waals surface area contributed by atoms with Gasteiger partial charge in [-0.1, -0.05) is 18.2 Å². The van der Waals surface area contributed by atoms with E-state index in [4.69, 9.17) is 0 Å². The van der Waals surface area contributed by atoms with E-state index in [1.807, 2.05) is 0 Å². The van der Waals surface area contributed by atoms with Gasteiger partial charge in [0.1, 0.15) is 5.25 Å². The summed E-state index contributed by atoms with van der Waals surface area (Å²) >= 11 is 3.92. The SMILES string of the molecule is CC(=O)NN1C[C@@H](S)C1=O.c1cc2cc-2c1. The van der Waals surface area contributed by atoms with Crippen molar-refractivity contribution in [2.24, 2.45) is 0 Å². The zero-order chi connectivity index (χ0) is 11.7. The molecule has 3 rings (SSSR count). The van der Waals surface area contributed by atoms with Crippen LogP contribution in [0.5, 0.6) is 0 Å². The van der Waals surface area contributed by atoms with Crippen molar-refractivity contribution in [2.45, 2.75) is 12.2 Å². The maximum absolute atomic E-state index is 10.7. The molecule has 3 aliphatic rings. The second kappa shape index (κ2) is 4.17. The monoisotopic (exact) mass is 236 g/mol. The number of carbonyl (C=O) groups excluding carboxylic acids is 2. The Morgan fingerprint density at radius 2 is 2.12 bits per heavy atom. The third kappa shape index (κ3) is 2.36. The number of amides is 2. The molecule has 0 spiro atoms. The van der Waals surface area contributed by atoms with E-state index in [-0.39, 0.29) is 17.1 Å². The highest BCUT2D eigenvalue weighted by Crippen LogP contribution is 2.32. The maximum Gasteiger partial charge on any atom is 0.255 e. The number of nitrogens with one attached hydrogen (secondary N) is 1. The van der Waals surface area contributed by atoms with E-state index in [1.54, 1.807) is 0 Å². The standard InChI is InChI=1S/C6H4.C5H8N2O2S/c1-2-5-4-6(5)3-1;1-3(8)6-7-2-4(10)5(7)9/h1-4H;4,10H,2H2,1H3,(H,6,8)/t;4-/m.1/s1. The molecule has 16 heavy (non-hydrogen) atoms. The first-order valence-electron chi connectivity index (χ1n) is 4.95. The van der Waals surface area contributed by atoms with Gasteiger partial charge in [0, 0.05) is 6.92 Å². The van der Waals surface area contributed by atoms with E-state index in [9.17, 15) is 9.59 Å². The number of thiol groups is 1. The fraction of sp³-hybridized carbons (Fsp3) is 0.273. The molecule has 1 fully saturated rings. The summed E-state index contributed by atoms with van der Waals surface area (Å²) in [5.74, 6) is -0.368. The van der Waals surface area contributed by atoms with Crippen LogP contribution in [0.25, 0.3) is 11.1 Å². The van der Waals surface area contributed by atoms with Crippen molar-refractivity contribution >= 4 is 24.4 Å². The topological polar surface area (TPSA) is 49.4 Å². The minimum Gasteiger partial charge on any atom is -0.274 e. The van der Waals surface area contributed by atoms with Crippen molar-refractivity contribution in [3.63, 3.8) is 0 Å². The molecular weight excluding hydrogens is 224 g/mol. The molecule has 1 aliphatic heterocycles. The molecule has 0 radical (unpaired) electrons. The summed E-state index contributed by atoms with van der Waals surface area (Å²) in [6.45, 7) is 1.86. The van der Waals surface area contributed by atoms with Crippen LogP contribution in [0.15, 0.2) is 24.3 Å². The fourth-order valence-electron chi connectivity index (χ4n) is 1.37. The Kier molecular flexibility index (Phi) is 2.87. The van der Waals surface area contributed by atoms with E-state index in [1.165, 1.54) is 23.1 Å². The lowest BCUT2D eigenvalue weighted by atomic mass is 10.2. The summed E-state index contributed by atoms with van der Waals surface area (Å²) in [5, 5.41) is 1.02. The van der Waals surface area contributed by atoms with Gasteiger partial charge in [-0.05, 0) is 17.2 Å². The highest BCUT2D eigenvalue weighted by atomic mass is 32.1. The maximum atomic E-state index is 10.7. The van der Waals surface area contributed by atoms with Crippen molar-refractivity contribution in [2.75, 3.05) is 6.54 Å². The molecule has 1 N–H and O–H groups in total. The smallest absolute Gasteiger partial charge is 0.255 e. The average Bonchev–Trinajstić information content (AvgIpc) is 2.85. The number of rotatable bonds is 1. The predicted octanol–water partition coefficient (Wildman–Crippen LogP) is 0.845. The Morgan fingerprint density at radius 3 is 2.38 bits per heavy atom. The molecule has 1 saturated heterocycles. The Hall–Kier alpha value is -1.49. The Balaban J connectivity index is 0.000000134. The zero-order valence-electron chi connectivity index (χ0n) is 8.80. The Labute approximate surface area is 99.0 Å². The van der Waals surface area contributed by atoms with E-state index in [2.05, 4.69) is 42.3 Å². The molecule has 0 aromatic heterocycles. The van der Waals surface area contributed by atoms with Crippen LogP contribution in [0.3, 0.4) is 0 Å². The molecule has 84 valence electrons. The largest absolute Gasteiger partial charge is 0.274 e. The third-order valence-corrected chi connectivity index (χ3v) is 2.70. The first-order chi connectivity index (χ1) is 7.58. The number of hydrazine groups is 1. The summed E-state index contributed by atoms with van der Waals surface area (Å²) < 4.78 is 0. The van der Waals surface area contributed by atoms with Gasteiger partial charge in [-0.2, -0.15) is 12.6 Å². The van der Waals surface area contributed by atoms with Gasteiger partial charge in [0.2, 0.25) is 5.91 Å². The summed E-state index contributed by atoms with van der Waals surface area (Å²) in [7, 11) is 0. The van der Waals surface area contributed by atoms with Crippen molar-refractivity contribution in [3.05, 3.63) is 24.3 Å². The zero-order valence-corrected chi connectivity index (χ0v) is 9.70. The van der Waals surface area contributed by atoms with Crippen molar-refractivity contribution in [3.8, 4) is 11.1 Å². The molecule has 4 nitrogen and oxygen atoms in total. The third-order valence-electron chi connectivity index (χ3n) is 2.31. The molecule has 1 heterocycles. The number of hydrogen-bond acceptors (Lipinski definition) is 3.